The summed E-state index contributed by atoms with van der Waals surface area (Å²) in [5.74, 6) is -0.00463. The van der Waals surface area contributed by atoms with E-state index in [1.54, 1.807) is 25.1 Å². The van der Waals surface area contributed by atoms with Crippen molar-refractivity contribution in [3.63, 3.8) is 0 Å². The Morgan fingerprint density at radius 1 is 1.15 bits per heavy atom. The standard InChI is InChI=1S/C20H24Cl2N2O2S/c1-2-23-27(25,26)20(16-8-9-18(21)19(22)12-16)17-10-11-24(14-17)13-15-6-4-3-5-7-15/h3-9,12,17,20,23H,2,10-11,13-14H2,1H3. The molecule has 1 fully saturated rings. The maximum atomic E-state index is 13.0. The molecule has 2 unspecified atom stereocenters. The summed E-state index contributed by atoms with van der Waals surface area (Å²) in [4.78, 5) is 2.31. The Morgan fingerprint density at radius 3 is 2.56 bits per heavy atom. The zero-order valence-corrected chi connectivity index (χ0v) is 17.6. The number of likely N-dealkylation sites (tertiary alicyclic amines) is 1. The molecule has 1 aliphatic heterocycles. The molecule has 0 aromatic heterocycles. The van der Waals surface area contributed by atoms with Gasteiger partial charge in [-0.3, -0.25) is 4.90 Å². The van der Waals surface area contributed by atoms with Crippen molar-refractivity contribution in [2.75, 3.05) is 19.6 Å². The summed E-state index contributed by atoms with van der Waals surface area (Å²) in [6.45, 7) is 4.58. The van der Waals surface area contributed by atoms with Gasteiger partial charge < -0.3 is 0 Å². The van der Waals surface area contributed by atoms with E-state index in [1.165, 1.54) is 5.56 Å². The van der Waals surface area contributed by atoms with Crippen LogP contribution in [0.15, 0.2) is 48.5 Å². The Hall–Kier alpha value is -1.11. The molecule has 1 heterocycles. The first-order valence-electron chi connectivity index (χ1n) is 9.10. The van der Waals surface area contributed by atoms with Gasteiger partial charge in [0.25, 0.3) is 0 Å². The minimum absolute atomic E-state index is 0.00463. The van der Waals surface area contributed by atoms with Gasteiger partial charge in [0.1, 0.15) is 5.25 Å². The van der Waals surface area contributed by atoms with Crippen LogP contribution in [0.1, 0.15) is 29.7 Å². The van der Waals surface area contributed by atoms with Gasteiger partial charge in [0.2, 0.25) is 10.0 Å². The van der Waals surface area contributed by atoms with Crippen molar-refractivity contribution >= 4 is 33.2 Å². The fourth-order valence-electron chi connectivity index (χ4n) is 3.78. The Balaban J connectivity index is 1.84. The lowest BCUT2D eigenvalue weighted by molar-refractivity contribution is 0.314. The highest BCUT2D eigenvalue weighted by Crippen LogP contribution is 2.38. The molecule has 1 aliphatic rings. The van der Waals surface area contributed by atoms with Crippen molar-refractivity contribution in [1.82, 2.24) is 9.62 Å². The van der Waals surface area contributed by atoms with E-state index in [4.69, 9.17) is 23.2 Å². The fourth-order valence-corrected chi connectivity index (χ4v) is 5.90. The maximum Gasteiger partial charge on any atom is 0.218 e. The Kier molecular flexibility index (Phi) is 6.82. The molecule has 146 valence electrons. The first-order chi connectivity index (χ1) is 12.9. The summed E-state index contributed by atoms with van der Waals surface area (Å²) in [6, 6.07) is 15.4. The highest BCUT2D eigenvalue weighted by Gasteiger charge is 2.38. The van der Waals surface area contributed by atoms with Crippen molar-refractivity contribution in [3.8, 4) is 0 Å². The van der Waals surface area contributed by atoms with Crippen LogP contribution in [0, 0.1) is 5.92 Å². The highest BCUT2D eigenvalue weighted by atomic mass is 35.5. The minimum atomic E-state index is -3.51. The zero-order chi connectivity index (χ0) is 19.4. The van der Waals surface area contributed by atoms with Crippen LogP contribution in [-0.2, 0) is 16.6 Å². The molecule has 0 amide bonds. The van der Waals surface area contributed by atoms with Gasteiger partial charge >= 0.3 is 0 Å². The van der Waals surface area contributed by atoms with Crippen molar-refractivity contribution in [2.45, 2.75) is 25.1 Å². The Bertz CT molecular complexity index is 875. The predicted molar refractivity (Wildman–Crippen MR) is 112 cm³/mol. The van der Waals surface area contributed by atoms with E-state index in [0.717, 1.165) is 26.1 Å². The summed E-state index contributed by atoms with van der Waals surface area (Å²) >= 11 is 12.2. The molecule has 0 aliphatic carbocycles. The SMILES string of the molecule is CCNS(=O)(=O)C(c1ccc(Cl)c(Cl)c1)C1CCN(Cc2ccccc2)C1. The summed E-state index contributed by atoms with van der Waals surface area (Å²) in [5, 5.41) is 0.162. The first kappa shape index (κ1) is 20.6. The van der Waals surface area contributed by atoms with Crippen LogP contribution >= 0.6 is 23.2 Å². The second kappa shape index (κ2) is 8.93. The third-order valence-electron chi connectivity index (χ3n) is 4.94. The van der Waals surface area contributed by atoms with E-state index >= 15 is 0 Å². The van der Waals surface area contributed by atoms with Gasteiger partial charge in [-0.2, -0.15) is 0 Å². The number of hydrogen-bond acceptors (Lipinski definition) is 3. The Morgan fingerprint density at radius 2 is 1.89 bits per heavy atom. The molecule has 0 radical (unpaired) electrons. The van der Waals surface area contributed by atoms with Crippen molar-refractivity contribution in [1.29, 1.82) is 0 Å². The average molecular weight is 427 g/mol. The van der Waals surface area contributed by atoms with Crippen LogP contribution in [0.25, 0.3) is 0 Å². The topological polar surface area (TPSA) is 49.4 Å². The third-order valence-corrected chi connectivity index (χ3v) is 7.69. The Labute approximate surface area is 171 Å². The molecule has 2 atom stereocenters. The lowest BCUT2D eigenvalue weighted by Crippen LogP contribution is -2.34. The molecule has 0 spiro atoms. The number of halogens is 2. The lowest BCUT2D eigenvalue weighted by atomic mass is 9.98. The number of nitrogens with one attached hydrogen (secondary N) is 1. The lowest BCUT2D eigenvalue weighted by Gasteiger charge is -2.25. The van der Waals surface area contributed by atoms with E-state index in [-0.39, 0.29) is 5.92 Å². The molecule has 7 heteroatoms. The quantitative estimate of drug-likeness (QED) is 0.708. The number of rotatable bonds is 7. The molecule has 27 heavy (non-hydrogen) atoms. The number of sulfonamides is 1. The molecule has 2 aromatic rings. The zero-order valence-electron chi connectivity index (χ0n) is 15.2. The monoisotopic (exact) mass is 426 g/mol. The molecule has 1 saturated heterocycles. The van der Waals surface area contributed by atoms with Crippen LogP contribution in [0.2, 0.25) is 10.0 Å². The smallest absolute Gasteiger partial charge is 0.218 e. The molecule has 3 rings (SSSR count). The average Bonchev–Trinajstić information content (AvgIpc) is 3.06. The summed E-state index contributed by atoms with van der Waals surface area (Å²) in [5.41, 5.74) is 1.93. The van der Waals surface area contributed by atoms with Crippen LogP contribution in [0.3, 0.4) is 0 Å². The van der Waals surface area contributed by atoms with Crippen molar-refractivity contribution < 1.29 is 8.42 Å². The summed E-state index contributed by atoms with van der Waals surface area (Å²) < 4.78 is 28.6. The van der Waals surface area contributed by atoms with Gasteiger partial charge in [-0.05, 0) is 42.1 Å². The largest absolute Gasteiger partial charge is 0.299 e. The molecule has 0 saturated carbocycles. The maximum absolute atomic E-state index is 13.0. The van der Waals surface area contributed by atoms with E-state index < -0.39 is 15.3 Å². The molecular formula is C20H24Cl2N2O2S. The minimum Gasteiger partial charge on any atom is -0.299 e. The van der Waals surface area contributed by atoms with Gasteiger partial charge in [-0.1, -0.05) is 66.5 Å². The first-order valence-corrected chi connectivity index (χ1v) is 11.4. The third kappa shape index (κ3) is 5.04. The van der Waals surface area contributed by atoms with Crippen LogP contribution in [0.5, 0.6) is 0 Å². The second-order valence-electron chi connectivity index (χ2n) is 6.91. The van der Waals surface area contributed by atoms with Crippen molar-refractivity contribution in [3.05, 3.63) is 69.7 Å². The van der Waals surface area contributed by atoms with Gasteiger partial charge in [0.05, 0.1) is 10.0 Å². The van der Waals surface area contributed by atoms with E-state index in [2.05, 4.69) is 21.8 Å². The van der Waals surface area contributed by atoms with E-state index in [1.807, 2.05) is 18.2 Å². The predicted octanol–water partition coefficient (Wildman–Crippen LogP) is 4.50. The van der Waals surface area contributed by atoms with Crippen molar-refractivity contribution in [2.24, 2.45) is 5.92 Å². The number of nitrogens with zero attached hydrogens (tertiary/aromatic N) is 1. The second-order valence-corrected chi connectivity index (χ2v) is 9.61. The number of benzene rings is 2. The fraction of sp³-hybridized carbons (Fsp3) is 0.400. The molecule has 4 nitrogen and oxygen atoms in total. The summed E-state index contributed by atoms with van der Waals surface area (Å²) in [7, 11) is -3.51. The number of hydrogen-bond donors (Lipinski definition) is 1. The van der Waals surface area contributed by atoms with E-state index in [0.29, 0.717) is 22.2 Å². The molecule has 1 N–H and O–H groups in total. The molecular weight excluding hydrogens is 403 g/mol. The van der Waals surface area contributed by atoms with E-state index in [9.17, 15) is 8.42 Å². The highest BCUT2D eigenvalue weighted by molar-refractivity contribution is 7.89. The van der Waals surface area contributed by atoms with Crippen LogP contribution in [-0.4, -0.2) is 33.0 Å². The normalized spacial score (nSPS) is 19.3. The van der Waals surface area contributed by atoms with Crippen LogP contribution in [0.4, 0.5) is 0 Å². The van der Waals surface area contributed by atoms with Gasteiger partial charge in [-0.25, -0.2) is 13.1 Å². The van der Waals surface area contributed by atoms with Crippen LogP contribution < -0.4 is 4.72 Å². The van der Waals surface area contributed by atoms with Gasteiger partial charge in [-0.15, -0.1) is 0 Å². The molecule has 0 bridgehead atoms. The van der Waals surface area contributed by atoms with Gasteiger partial charge in [0.15, 0.2) is 0 Å². The van der Waals surface area contributed by atoms with Gasteiger partial charge in [0, 0.05) is 19.6 Å². The summed E-state index contributed by atoms with van der Waals surface area (Å²) in [6.07, 6.45) is 0.822. The molecule has 2 aromatic carbocycles.